The second-order valence-corrected chi connectivity index (χ2v) is 6.90. The van der Waals surface area contributed by atoms with Gasteiger partial charge in [0.2, 0.25) is 5.78 Å². The third-order valence-electron chi connectivity index (χ3n) is 3.79. The minimum Gasteiger partial charge on any atom is -0.451 e. The summed E-state index contributed by atoms with van der Waals surface area (Å²) in [5.74, 6) is -3.11. The Hall–Kier alpha value is -2.56. The van der Waals surface area contributed by atoms with Gasteiger partial charge in [-0.15, -0.1) is 0 Å². The Balaban J connectivity index is 2.10. The highest BCUT2D eigenvalue weighted by Crippen LogP contribution is 2.22. The van der Waals surface area contributed by atoms with E-state index >= 15 is 0 Å². The van der Waals surface area contributed by atoms with Gasteiger partial charge in [-0.05, 0) is 30.0 Å². The first kappa shape index (κ1) is 18.8. The lowest BCUT2D eigenvalue weighted by atomic mass is 9.86. The summed E-state index contributed by atoms with van der Waals surface area (Å²) in [6.07, 6.45) is -1.07. The van der Waals surface area contributed by atoms with E-state index in [1.807, 2.05) is 12.1 Å². The molecule has 0 amide bonds. The van der Waals surface area contributed by atoms with E-state index in [0.717, 1.165) is 17.7 Å². The molecule has 25 heavy (non-hydrogen) atoms. The van der Waals surface area contributed by atoms with Crippen LogP contribution in [0.25, 0.3) is 0 Å². The monoisotopic (exact) mass is 346 g/mol. The smallest absolute Gasteiger partial charge is 0.339 e. The molecule has 5 heteroatoms. The van der Waals surface area contributed by atoms with E-state index in [9.17, 15) is 18.4 Å². The summed E-state index contributed by atoms with van der Waals surface area (Å²) in [5, 5.41) is 0. The number of hydrogen-bond donors (Lipinski definition) is 0. The number of Topliss-reactive ketones (excluding diaryl/α,β-unsaturated/α-hetero) is 1. The van der Waals surface area contributed by atoms with Crippen molar-refractivity contribution >= 4 is 11.8 Å². The minimum atomic E-state index is -1.07. The topological polar surface area (TPSA) is 43.4 Å². The van der Waals surface area contributed by atoms with Crippen LogP contribution in [0, 0.1) is 11.6 Å². The molecule has 0 spiro atoms. The third-order valence-corrected chi connectivity index (χ3v) is 3.79. The van der Waals surface area contributed by atoms with Gasteiger partial charge < -0.3 is 4.74 Å². The van der Waals surface area contributed by atoms with Gasteiger partial charge >= 0.3 is 5.97 Å². The molecule has 0 saturated heterocycles. The van der Waals surface area contributed by atoms with Crippen LogP contribution in [-0.4, -0.2) is 17.9 Å². The third kappa shape index (κ3) is 4.72. The van der Waals surface area contributed by atoms with E-state index in [-0.39, 0.29) is 16.8 Å². The van der Waals surface area contributed by atoms with Crippen LogP contribution in [0.3, 0.4) is 0 Å². The molecule has 0 saturated carbocycles. The number of esters is 1. The fourth-order valence-corrected chi connectivity index (χ4v) is 2.32. The van der Waals surface area contributed by atoms with Crippen LogP contribution >= 0.6 is 0 Å². The molecule has 0 aliphatic carbocycles. The summed E-state index contributed by atoms with van der Waals surface area (Å²) in [6, 6.07) is 9.43. The summed E-state index contributed by atoms with van der Waals surface area (Å²) in [7, 11) is 0. The minimum absolute atomic E-state index is 0.0406. The molecule has 0 aliphatic heterocycles. The van der Waals surface area contributed by atoms with E-state index in [2.05, 4.69) is 20.8 Å². The summed E-state index contributed by atoms with van der Waals surface area (Å²) in [6.45, 7) is 7.61. The molecule has 0 fully saturated rings. The number of ether oxygens (including phenoxy) is 1. The number of carbonyl (C=O) groups is 2. The van der Waals surface area contributed by atoms with E-state index in [1.165, 1.54) is 6.92 Å². The lowest BCUT2D eigenvalue weighted by Gasteiger charge is -2.19. The molecule has 0 N–H and O–H groups in total. The summed E-state index contributed by atoms with van der Waals surface area (Å²) in [4.78, 5) is 24.4. The normalized spacial score (nSPS) is 12.6. The van der Waals surface area contributed by atoms with Gasteiger partial charge in [0.15, 0.2) is 6.10 Å². The van der Waals surface area contributed by atoms with Gasteiger partial charge in [-0.1, -0.05) is 45.0 Å². The summed E-state index contributed by atoms with van der Waals surface area (Å²) >= 11 is 0. The number of rotatable bonds is 4. The molecule has 0 unspecified atom stereocenters. The van der Waals surface area contributed by atoms with Crippen molar-refractivity contribution in [2.75, 3.05) is 0 Å². The molecular formula is C20H20F2O3. The number of hydrogen-bond acceptors (Lipinski definition) is 3. The first-order valence-corrected chi connectivity index (χ1v) is 7.90. The first-order valence-electron chi connectivity index (χ1n) is 7.90. The van der Waals surface area contributed by atoms with Crippen LogP contribution < -0.4 is 0 Å². The zero-order valence-corrected chi connectivity index (χ0v) is 14.6. The molecule has 0 aliphatic rings. The molecule has 1 atom stereocenters. The molecule has 2 aromatic carbocycles. The van der Waals surface area contributed by atoms with E-state index in [4.69, 9.17) is 4.74 Å². The molecule has 0 heterocycles. The maximum Gasteiger partial charge on any atom is 0.339 e. The van der Waals surface area contributed by atoms with Crippen molar-refractivity contribution in [3.05, 3.63) is 70.8 Å². The Morgan fingerprint density at radius 2 is 1.44 bits per heavy atom. The molecule has 0 bridgehead atoms. The SMILES string of the molecule is C[C@H](OC(=O)c1cc(F)cc(F)c1)C(=O)c1ccc(C(C)(C)C)cc1. The number of halogens is 2. The maximum atomic E-state index is 13.2. The van der Waals surface area contributed by atoms with Crippen LogP contribution in [0.15, 0.2) is 42.5 Å². The Bertz CT molecular complexity index is 769. The van der Waals surface area contributed by atoms with Gasteiger partial charge in [-0.3, -0.25) is 4.79 Å². The fraction of sp³-hybridized carbons (Fsp3) is 0.300. The molecule has 2 aromatic rings. The Labute approximate surface area is 145 Å². The van der Waals surface area contributed by atoms with Crippen LogP contribution in [-0.2, 0) is 10.2 Å². The van der Waals surface area contributed by atoms with Crippen molar-refractivity contribution in [2.24, 2.45) is 0 Å². The molecule has 2 rings (SSSR count). The van der Waals surface area contributed by atoms with Gasteiger partial charge in [0.25, 0.3) is 0 Å². The average molecular weight is 346 g/mol. The fourth-order valence-electron chi connectivity index (χ4n) is 2.32. The quantitative estimate of drug-likeness (QED) is 0.596. The Morgan fingerprint density at radius 3 is 1.92 bits per heavy atom. The Kier molecular flexibility index (Phi) is 5.36. The maximum absolute atomic E-state index is 13.2. The molecule has 3 nitrogen and oxygen atoms in total. The molecule has 0 radical (unpaired) electrons. The van der Waals surface area contributed by atoms with Gasteiger partial charge in [-0.25, -0.2) is 13.6 Å². The van der Waals surface area contributed by atoms with Gasteiger partial charge in [0, 0.05) is 11.6 Å². The zero-order chi connectivity index (χ0) is 18.8. The van der Waals surface area contributed by atoms with Gasteiger partial charge in [0.05, 0.1) is 5.56 Å². The van der Waals surface area contributed by atoms with Crippen molar-refractivity contribution in [1.29, 1.82) is 0 Å². The average Bonchev–Trinajstić information content (AvgIpc) is 2.52. The van der Waals surface area contributed by atoms with Crippen molar-refractivity contribution in [1.82, 2.24) is 0 Å². The molecule has 132 valence electrons. The van der Waals surface area contributed by atoms with Crippen LogP contribution in [0.2, 0.25) is 0 Å². The predicted molar refractivity (Wildman–Crippen MR) is 90.7 cm³/mol. The van der Waals surface area contributed by atoms with Crippen LogP contribution in [0.4, 0.5) is 8.78 Å². The van der Waals surface area contributed by atoms with Gasteiger partial charge in [0.1, 0.15) is 11.6 Å². The van der Waals surface area contributed by atoms with Crippen molar-refractivity contribution < 1.29 is 23.1 Å². The Morgan fingerprint density at radius 1 is 0.920 bits per heavy atom. The lowest BCUT2D eigenvalue weighted by Crippen LogP contribution is -2.24. The highest BCUT2D eigenvalue weighted by atomic mass is 19.1. The van der Waals surface area contributed by atoms with E-state index in [0.29, 0.717) is 11.6 Å². The highest BCUT2D eigenvalue weighted by Gasteiger charge is 2.22. The van der Waals surface area contributed by atoms with Crippen LogP contribution in [0.5, 0.6) is 0 Å². The van der Waals surface area contributed by atoms with Crippen molar-refractivity contribution in [3.63, 3.8) is 0 Å². The summed E-state index contributed by atoms with van der Waals surface area (Å²) < 4.78 is 31.4. The second kappa shape index (κ2) is 7.13. The standard InChI is InChI=1S/C20H20F2O3/c1-12(25-19(24)14-9-16(21)11-17(22)10-14)18(23)13-5-7-15(8-6-13)20(2,3)4/h5-12H,1-4H3/t12-/m0/s1. The highest BCUT2D eigenvalue weighted by molar-refractivity contribution is 6.01. The van der Waals surface area contributed by atoms with E-state index in [1.54, 1.807) is 12.1 Å². The second-order valence-electron chi connectivity index (χ2n) is 6.90. The van der Waals surface area contributed by atoms with Crippen molar-refractivity contribution in [3.8, 4) is 0 Å². The zero-order valence-electron chi connectivity index (χ0n) is 14.6. The van der Waals surface area contributed by atoms with E-state index < -0.39 is 23.7 Å². The van der Waals surface area contributed by atoms with Crippen LogP contribution in [0.1, 0.15) is 54.0 Å². The lowest BCUT2D eigenvalue weighted by molar-refractivity contribution is 0.0318. The van der Waals surface area contributed by atoms with Gasteiger partial charge in [-0.2, -0.15) is 0 Å². The largest absolute Gasteiger partial charge is 0.451 e. The first-order chi connectivity index (χ1) is 11.6. The van der Waals surface area contributed by atoms with Crippen molar-refractivity contribution in [2.45, 2.75) is 39.2 Å². The number of carbonyl (C=O) groups excluding carboxylic acids is 2. The summed E-state index contributed by atoms with van der Waals surface area (Å²) in [5.41, 5.74) is 1.16. The number of benzene rings is 2. The predicted octanol–water partition coefficient (Wildman–Crippen LogP) is 4.69. The molecular weight excluding hydrogens is 326 g/mol. The number of ketones is 1. The molecule has 0 aromatic heterocycles.